The Morgan fingerprint density at radius 1 is 0.882 bits per heavy atom. The van der Waals surface area contributed by atoms with Crippen LogP contribution in [0.2, 0.25) is 0 Å². The number of likely N-dealkylation sites (tertiary alicyclic amines) is 1. The van der Waals surface area contributed by atoms with E-state index in [-0.39, 0.29) is 17.6 Å². The summed E-state index contributed by atoms with van der Waals surface area (Å²) < 4.78 is 1.86. The van der Waals surface area contributed by atoms with Crippen LogP contribution in [-0.2, 0) is 4.79 Å². The van der Waals surface area contributed by atoms with Crippen molar-refractivity contribution in [3.63, 3.8) is 0 Å². The average Bonchev–Trinajstić information content (AvgIpc) is 3.20. The van der Waals surface area contributed by atoms with E-state index in [1.807, 2.05) is 83.4 Å². The molecule has 3 aromatic carbocycles. The summed E-state index contributed by atoms with van der Waals surface area (Å²) in [7, 11) is 0. The number of para-hydroxylation sites is 2. The molecule has 0 unspecified atom stereocenters. The number of rotatable bonds is 6. The molecule has 2 heterocycles. The third kappa shape index (κ3) is 4.97. The maximum atomic E-state index is 12.6. The molecule has 8 nitrogen and oxygen atoms in total. The van der Waals surface area contributed by atoms with Gasteiger partial charge in [-0.2, -0.15) is 10.2 Å². The number of aromatic nitrogens is 2. The van der Waals surface area contributed by atoms with Crippen molar-refractivity contribution in [1.29, 1.82) is 0 Å². The highest BCUT2D eigenvalue weighted by Gasteiger charge is 2.24. The second kappa shape index (κ2) is 9.84. The minimum atomic E-state index is -0.0656. The predicted molar refractivity (Wildman–Crippen MR) is 133 cm³/mol. The Hall–Kier alpha value is -4.04. The first-order valence-electron chi connectivity index (χ1n) is 11.4. The molecule has 1 fully saturated rings. The van der Waals surface area contributed by atoms with Crippen LogP contribution in [0.4, 0.5) is 17.1 Å². The number of carbonyl (C=O) groups is 1. The Bertz CT molecular complexity index is 1350. The van der Waals surface area contributed by atoms with Crippen molar-refractivity contribution in [1.82, 2.24) is 14.5 Å². The zero-order valence-corrected chi connectivity index (χ0v) is 18.7. The monoisotopic (exact) mass is 454 g/mol. The SMILES string of the molecule is O=C(CN1CCC(n2c(=O)[nH]c3ccccc32)CC1)Nc1ccc(N=Nc2ccccc2)cc1. The van der Waals surface area contributed by atoms with Crippen molar-refractivity contribution >= 4 is 34.0 Å². The number of anilines is 1. The molecule has 0 saturated carbocycles. The number of nitrogens with zero attached hydrogens (tertiary/aromatic N) is 4. The number of benzene rings is 3. The second-order valence-corrected chi connectivity index (χ2v) is 8.46. The van der Waals surface area contributed by atoms with Gasteiger partial charge in [0.2, 0.25) is 5.91 Å². The zero-order chi connectivity index (χ0) is 23.3. The molecule has 0 atom stereocenters. The van der Waals surface area contributed by atoms with E-state index >= 15 is 0 Å². The third-order valence-electron chi connectivity index (χ3n) is 6.10. The van der Waals surface area contributed by atoms with E-state index in [1.165, 1.54) is 0 Å². The summed E-state index contributed by atoms with van der Waals surface area (Å²) in [5.74, 6) is -0.0543. The van der Waals surface area contributed by atoms with E-state index in [2.05, 4.69) is 25.4 Å². The summed E-state index contributed by atoms with van der Waals surface area (Å²) in [5.41, 5.74) is 3.97. The van der Waals surface area contributed by atoms with Crippen LogP contribution in [0.15, 0.2) is 93.9 Å². The van der Waals surface area contributed by atoms with Crippen LogP contribution in [0.3, 0.4) is 0 Å². The number of H-pyrrole nitrogens is 1. The Kier molecular flexibility index (Phi) is 6.31. The number of carbonyl (C=O) groups excluding carboxylic acids is 1. The van der Waals surface area contributed by atoms with Crippen LogP contribution >= 0.6 is 0 Å². The van der Waals surface area contributed by atoms with E-state index in [4.69, 9.17) is 0 Å². The van der Waals surface area contributed by atoms with Crippen LogP contribution in [0.5, 0.6) is 0 Å². The van der Waals surface area contributed by atoms with Crippen LogP contribution in [0, 0.1) is 0 Å². The van der Waals surface area contributed by atoms with Gasteiger partial charge in [0.15, 0.2) is 0 Å². The molecule has 1 aromatic heterocycles. The molecule has 4 aromatic rings. The van der Waals surface area contributed by atoms with E-state index in [0.29, 0.717) is 6.54 Å². The van der Waals surface area contributed by atoms with Gasteiger partial charge < -0.3 is 10.3 Å². The Labute approximate surface area is 196 Å². The quantitative estimate of drug-likeness (QED) is 0.401. The van der Waals surface area contributed by atoms with Crippen molar-refractivity contribution in [3.8, 4) is 0 Å². The third-order valence-corrected chi connectivity index (χ3v) is 6.10. The normalized spacial score (nSPS) is 15.2. The summed E-state index contributed by atoms with van der Waals surface area (Å²) in [5, 5.41) is 11.4. The van der Waals surface area contributed by atoms with Crippen LogP contribution in [0.1, 0.15) is 18.9 Å². The molecule has 1 aliphatic heterocycles. The van der Waals surface area contributed by atoms with E-state index < -0.39 is 0 Å². The number of piperidine rings is 1. The first kappa shape index (κ1) is 21.8. The molecule has 5 rings (SSSR count). The molecule has 1 aliphatic rings. The van der Waals surface area contributed by atoms with Gasteiger partial charge >= 0.3 is 5.69 Å². The van der Waals surface area contributed by atoms with E-state index in [1.54, 1.807) is 0 Å². The lowest BCUT2D eigenvalue weighted by atomic mass is 10.0. The van der Waals surface area contributed by atoms with Crippen molar-refractivity contribution in [2.45, 2.75) is 18.9 Å². The highest BCUT2D eigenvalue weighted by Crippen LogP contribution is 2.25. The summed E-state index contributed by atoms with van der Waals surface area (Å²) in [6.45, 7) is 1.86. The average molecular weight is 455 g/mol. The highest BCUT2D eigenvalue weighted by molar-refractivity contribution is 5.92. The fourth-order valence-electron chi connectivity index (χ4n) is 4.40. The number of azo groups is 1. The summed E-state index contributed by atoms with van der Waals surface area (Å²) >= 11 is 0. The smallest absolute Gasteiger partial charge is 0.325 e. The lowest BCUT2D eigenvalue weighted by Gasteiger charge is -2.32. The maximum Gasteiger partial charge on any atom is 0.326 e. The molecule has 1 amide bonds. The molecule has 172 valence electrons. The topological polar surface area (TPSA) is 94.8 Å². The van der Waals surface area contributed by atoms with Crippen molar-refractivity contribution in [3.05, 3.63) is 89.3 Å². The van der Waals surface area contributed by atoms with Crippen LogP contribution in [-0.4, -0.2) is 40.0 Å². The largest absolute Gasteiger partial charge is 0.326 e. The Morgan fingerprint density at radius 3 is 2.26 bits per heavy atom. The van der Waals surface area contributed by atoms with Gasteiger partial charge in [0.1, 0.15) is 0 Å². The lowest BCUT2D eigenvalue weighted by Crippen LogP contribution is -2.40. The van der Waals surface area contributed by atoms with Gasteiger partial charge in [0.25, 0.3) is 0 Å². The fourth-order valence-corrected chi connectivity index (χ4v) is 4.40. The Balaban J connectivity index is 1.13. The first-order chi connectivity index (χ1) is 16.7. The van der Waals surface area contributed by atoms with Crippen LogP contribution < -0.4 is 11.0 Å². The van der Waals surface area contributed by atoms with Crippen molar-refractivity contribution in [2.75, 3.05) is 25.0 Å². The molecule has 34 heavy (non-hydrogen) atoms. The highest BCUT2D eigenvalue weighted by atomic mass is 16.2. The summed E-state index contributed by atoms with van der Waals surface area (Å²) in [6, 6.07) is 24.8. The minimum Gasteiger partial charge on any atom is -0.325 e. The summed E-state index contributed by atoms with van der Waals surface area (Å²) in [4.78, 5) is 30.1. The number of hydrogen-bond donors (Lipinski definition) is 2. The van der Waals surface area contributed by atoms with E-state index in [0.717, 1.165) is 54.0 Å². The lowest BCUT2D eigenvalue weighted by molar-refractivity contribution is -0.117. The van der Waals surface area contributed by atoms with E-state index in [9.17, 15) is 9.59 Å². The van der Waals surface area contributed by atoms with Crippen molar-refractivity contribution < 1.29 is 4.79 Å². The van der Waals surface area contributed by atoms with Gasteiger partial charge in [-0.25, -0.2) is 4.79 Å². The van der Waals surface area contributed by atoms with Gasteiger partial charge in [-0.05, 0) is 61.4 Å². The van der Waals surface area contributed by atoms with Gasteiger partial charge in [-0.3, -0.25) is 14.3 Å². The van der Waals surface area contributed by atoms with Crippen molar-refractivity contribution in [2.24, 2.45) is 10.2 Å². The molecule has 2 N–H and O–H groups in total. The van der Waals surface area contributed by atoms with Crippen LogP contribution in [0.25, 0.3) is 11.0 Å². The van der Waals surface area contributed by atoms with Gasteiger partial charge in [0.05, 0.1) is 29.0 Å². The number of aromatic amines is 1. The standard InChI is InChI=1S/C26H26N6O2/c33-25(27-19-10-12-21(13-11-19)30-29-20-6-2-1-3-7-20)18-31-16-14-22(15-17-31)32-24-9-5-4-8-23(24)28-26(32)34/h1-13,22H,14-18H2,(H,27,33)(H,28,34). The maximum absolute atomic E-state index is 12.6. The van der Waals surface area contributed by atoms with Gasteiger partial charge in [-0.1, -0.05) is 30.3 Å². The number of nitrogens with one attached hydrogen (secondary N) is 2. The fraction of sp³-hybridized carbons (Fsp3) is 0.231. The minimum absolute atomic E-state index is 0.0543. The molecule has 0 spiro atoms. The van der Waals surface area contributed by atoms with Gasteiger partial charge in [-0.15, -0.1) is 0 Å². The molecule has 0 aliphatic carbocycles. The van der Waals surface area contributed by atoms with Gasteiger partial charge in [0, 0.05) is 24.8 Å². The number of hydrogen-bond acceptors (Lipinski definition) is 5. The number of imidazole rings is 1. The summed E-state index contributed by atoms with van der Waals surface area (Å²) in [6.07, 6.45) is 1.66. The Morgan fingerprint density at radius 2 is 1.53 bits per heavy atom. The zero-order valence-electron chi connectivity index (χ0n) is 18.7. The first-order valence-corrected chi connectivity index (χ1v) is 11.4. The molecule has 8 heteroatoms. The molecular weight excluding hydrogens is 428 g/mol. The molecular formula is C26H26N6O2. The molecule has 0 bridgehead atoms. The second-order valence-electron chi connectivity index (χ2n) is 8.46. The molecule has 1 saturated heterocycles. The number of fused-ring (bicyclic) bond motifs is 1. The molecule has 0 radical (unpaired) electrons. The number of amides is 1. The predicted octanol–water partition coefficient (Wildman–Crippen LogP) is 5.02.